The van der Waals surface area contributed by atoms with E-state index < -0.39 is 0 Å². The van der Waals surface area contributed by atoms with E-state index in [2.05, 4.69) is 0 Å². The molecule has 0 radical (unpaired) electrons. The number of halogens is 5. The maximum atomic E-state index is 6.22. The number of thioether (sulfide) groups is 1. The predicted molar refractivity (Wildman–Crippen MR) is 88.7 cm³/mol. The molecular formula is C13H7Cl5S. The van der Waals surface area contributed by atoms with Crippen molar-refractivity contribution in [3.63, 3.8) is 0 Å². The molecule has 0 atom stereocenters. The van der Waals surface area contributed by atoms with Crippen molar-refractivity contribution >= 4 is 69.8 Å². The molecule has 0 aliphatic rings. The second kappa shape index (κ2) is 6.34. The topological polar surface area (TPSA) is 0 Å². The minimum Gasteiger partial charge on any atom is -0.130 e. The molecule has 2 aromatic carbocycles. The summed E-state index contributed by atoms with van der Waals surface area (Å²) in [6.07, 6.45) is 2.00. The van der Waals surface area contributed by atoms with Crippen LogP contribution in [0.15, 0.2) is 29.2 Å². The molecule has 19 heavy (non-hydrogen) atoms. The van der Waals surface area contributed by atoms with Gasteiger partial charge in [0.15, 0.2) is 0 Å². The van der Waals surface area contributed by atoms with Gasteiger partial charge in [-0.05, 0) is 24.0 Å². The molecule has 0 fully saturated rings. The Hall–Kier alpha value is 0.240. The van der Waals surface area contributed by atoms with Crippen LogP contribution in [0.4, 0.5) is 0 Å². The Morgan fingerprint density at radius 2 is 1.11 bits per heavy atom. The summed E-state index contributed by atoms with van der Waals surface area (Å²) in [5, 5.41) is 1.20. The average Bonchev–Trinajstić information content (AvgIpc) is 2.44. The van der Waals surface area contributed by atoms with Gasteiger partial charge < -0.3 is 0 Å². The zero-order valence-corrected chi connectivity index (χ0v) is 14.2. The van der Waals surface area contributed by atoms with E-state index in [1.54, 1.807) is 11.8 Å². The monoisotopic (exact) mass is 370 g/mol. The first kappa shape index (κ1) is 15.6. The lowest BCUT2D eigenvalue weighted by molar-refractivity contribution is 1.46. The largest absolute Gasteiger partial charge is 0.130 e. The van der Waals surface area contributed by atoms with Gasteiger partial charge in [-0.1, -0.05) is 70.1 Å². The van der Waals surface area contributed by atoms with Crippen molar-refractivity contribution < 1.29 is 0 Å². The summed E-state index contributed by atoms with van der Waals surface area (Å²) in [7, 11) is 0. The van der Waals surface area contributed by atoms with Gasteiger partial charge >= 0.3 is 0 Å². The van der Waals surface area contributed by atoms with Crippen molar-refractivity contribution in [1.29, 1.82) is 0 Å². The molecule has 0 aliphatic heterocycles. The number of hydrogen-bond donors (Lipinski definition) is 0. The fourth-order valence-corrected chi connectivity index (χ4v) is 3.38. The summed E-state index contributed by atoms with van der Waals surface area (Å²) >= 11 is 32.2. The first-order chi connectivity index (χ1) is 8.97. The highest BCUT2D eigenvalue weighted by atomic mass is 35.5. The van der Waals surface area contributed by atoms with Crippen LogP contribution in [0.3, 0.4) is 0 Å². The molecule has 0 aliphatic carbocycles. The molecule has 0 nitrogen and oxygen atoms in total. The van der Waals surface area contributed by atoms with Gasteiger partial charge in [0.2, 0.25) is 0 Å². The summed E-state index contributed by atoms with van der Waals surface area (Å²) in [5.74, 6) is 0. The number of hydrogen-bond acceptors (Lipinski definition) is 1. The van der Waals surface area contributed by atoms with E-state index in [4.69, 9.17) is 58.0 Å². The Morgan fingerprint density at radius 1 is 0.684 bits per heavy atom. The van der Waals surface area contributed by atoms with Crippen LogP contribution in [0.2, 0.25) is 25.1 Å². The fraction of sp³-hybridized carbons (Fsp3) is 0.0769. The molecule has 0 aromatic heterocycles. The van der Waals surface area contributed by atoms with Crippen molar-refractivity contribution in [2.75, 3.05) is 6.26 Å². The normalized spacial score (nSPS) is 10.8. The summed E-state index contributed by atoms with van der Waals surface area (Å²) in [5.41, 5.74) is 1.43. The molecule has 2 rings (SSSR count). The van der Waals surface area contributed by atoms with Gasteiger partial charge in [-0.15, -0.1) is 11.8 Å². The van der Waals surface area contributed by atoms with Crippen LogP contribution in [0, 0.1) is 0 Å². The van der Waals surface area contributed by atoms with E-state index in [9.17, 15) is 0 Å². The minimum absolute atomic E-state index is 0.169. The van der Waals surface area contributed by atoms with E-state index >= 15 is 0 Å². The lowest BCUT2D eigenvalue weighted by atomic mass is 10.1. The van der Waals surface area contributed by atoms with Crippen LogP contribution in [-0.4, -0.2) is 6.26 Å². The van der Waals surface area contributed by atoms with Crippen LogP contribution >= 0.6 is 69.8 Å². The molecule has 0 amide bonds. The van der Waals surface area contributed by atoms with Gasteiger partial charge in [0, 0.05) is 10.5 Å². The molecule has 6 heteroatoms. The van der Waals surface area contributed by atoms with E-state index in [0.29, 0.717) is 15.6 Å². The Labute approximate surface area is 140 Å². The van der Waals surface area contributed by atoms with Crippen molar-refractivity contribution in [1.82, 2.24) is 0 Å². The van der Waals surface area contributed by atoms with E-state index in [1.165, 1.54) is 0 Å². The molecule has 0 N–H and O–H groups in total. The third-order valence-electron chi connectivity index (χ3n) is 2.59. The summed E-state index contributed by atoms with van der Waals surface area (Å²) in [4.78, 5) is 1.14. The number of rotatable bonds is 2. The van der Waals surface area contributed by atoms with Crippen LogP contribution in [0.5, 0.6) is 0 Å². The molecule has 100 valence electrons. The summed E-state index contributed by atoms with van der Waals surface area (Å²) in [6, 6.07) is 7.78. The predicted octanol–water partition coefficient (Wildman–Crippen LogP) is 7.34. The Morgan fingerprint density at radius 3 is 1.53 bits per heavy atom. The molecule has 0 saturated carbocycles. The van der Waals surface area contributed by atoms with E-state index in [1.807, 2.05) is 30.5 Å². The SMILES string of the molecule is CSc1ccc(-c2c(Cl)c(Cl)c(Cl)c(Cl)c2Cl)cc1. The van der Waals surface area contributed by atoms with Gasteiger partial charge in [-0.25, -0.2) is 0 Å². The molecule has 2 aromatic rings. The van der Waals surface area contributed by atoms with Crippen LogP contribution in [0.25, 0.3) is 11.1 Å². The summed E-state index contributed by atoms with van der Waals surface area (Å²) in [6.45, 7) is 0. The highest BCUT2D eigenvalue weighted by Gasteiger charge is 2.20. The van der Waals surface area contributed by atoms with Crippen molar-refractivity contribution in [2.45, 2.75) is 4.90 Å². The Balaban J connectivity index is 2.67. The quantitative estimate of drug-likeness (QED) is 0.302. The summed E-state index contributed by atoms with van der Waals surface area (Å²) < 4.78 is 0. The van der Waals surface area contributed by atoms with Gasteiger partial charge in [-0.2, -0.15) is 0 Å². The standard InChI is InChI=1S/C13H7Cl5S/c1-19-7-4-2-6(3-5-7)8-9(14)11(16)13(18)12(17)10(8)15/h2-5H,1H3. The van der Waals surface area contributed by atoms with Gasteiger partial charge in [-0.3, -0.25) is 0 Å². The molecule has 0 saturated heterocycles. The van der Waals surface area contributed by atoms with Gasteiger partial charge in [0.05, 0.1) is 25.1 Å². The van der Waals surface area contributed by atoms with Crippen molar-refractivity contribution in [2.24, 2.45) is 0 Å². The van der Waals surface area contributed by atoms with E-state index in [-0.39, 0.29) is 15.1 Å². The maximum absolute atomic E-state index is 6.22. The lowest BCUT2D eigenvalue weighted by Gasteiger charge is -2.13. The zero-order chi connectivity index (χ0) is 14.2. The highest BCUT2D eigenvalue weighted by molar-refractivity contribution is 7.98. The molecule has 0 bridgehead atoms. The Bertz CT molecular complexity index is 593. The van der Waals surface area contributed by atoms with Crippen LogP contribution in [-0.2, 0) is 0 Å². The maximum Gasteiger partial charge on any atom is 0.0809 e. The third kappa shape index (κ3) is 2.97. The molecular weight excluding hydrogens is 365 g/mol. The zero-order valence-electron chi connectivity index (χ0n) is 9.61. The molecule has 0 heterocycles. The average molecular weight is 373 g/mol. The van der Waals surface area contributed by atoms with Crippen molar-refractivity contribution in [3.05, 3.63) is 49.4 Å². The number of benzene rings is 2. The van der Waals surface area contributed by atoms with E-state index in [0.717, 1.165) is 10.5 Å². The van der Waals surface area contributed by atoms with Gasteiger partial charge in [0.1, 0.15) is 0 Å². The lowest BCUT2D eigenvalue weighted by Crippen LogP contribution is -1.86. The van der Waals surface area contributed by atoms with Gasteiger partial charge in [0.25, 0.3) is 0 Å². The second-order valence-corrected chi connectivity index (χ2v) is 6.44. The highest BCUT2D eigenvalue weighted by Crippen LogP contribution is 2.48. The first-order valence-corrected chi connectivity index (χ1v) is 8.24. The molecule has 0 unspecified atom stereocenters. The van der Waals surface area contributed by atoms with Crippen molar-refractivity contribution in [3.8, 4) is 11.1 Å². The van der Waals surface area contributed by atoms with Crippen LogP contribution in [0.1, 0.15) is 0 Å². The third-order valence-corrected chi connectivity index (χ3v) is 5.61. The van der Waals surface area contributed by atoms with Crippen LogP contribution < -0.4 is 0 Å². The second-order valence-electron chi connectivity index (χ2n) is 3.67. The fourth-order valence-electron chi connectivity index (χ4n) is 1.62. The first-order valence-electron chi connectivity index (χ1n) is 5.13. The molecule has 0 spiro atoms. The smallest absolute Gasteiger partial charge is 0.0809 e. The Kier molecular flexibility index (Phi) is 5.21. The minimum atomic E-state index is 0.169.